The zero-order valence-electron chi connectivity index (χ0n) is 13.2. The second-order valence-electron chi connectivity index (χ2n) is 5.01. The molecule has 2 aromatic rings. The first-order valence-electron chi connectivity index (χ1n) is 7.50. The Morgan fingerprint density at radius 3 is 2.30 bits per heavy atom. The Hall–Kier alpha value is -2.20. The topological polar surface area (TPSA) is 47.6 Å². The summed E-state index contributed by atoms with van der Waals surface area (Å²) < 4.78 is 11.0. The van der Waals surface area contributed by atoms with E-state index in [1.165, 1.54) is 0 Å². The van der Waals surface area contributed by atoms with Gasteiger partial charge in [0.15, 0.2) is 6.10 Å². The van der Waals surface area contributed by atoms with Gasteiger partial charge in [0.05, 0.1) is 6.61 Å². The van der Waals surface area contributed by atoms with E-state index < -0.39 is 6.10 Å². The molecule has 1 atom stereocenters. The Morgan fingerprint density at radius 2 is 1.70 bits per heavy atom. The zero-order valence-corrected chi connectivity index (χ0v) is 14.0. The van der Waals surface area contributed by atoms with E-state index in [0.717, 1.165) is 11.3 Å². The first-order valence-corrected chi connectivity index (χ1v) is 7.88. The van der Waals surface area contributed by atoms with Crippen molar-refractivity contribution >= 4 is 17.5 Å². The third-order valence-corrected chi connectivity index (χ3v) is 3.45. The monoisotopic (exact) mass is 333 g/mol. The number of halogens is 1. The predicted molar refractivity (Wildman–Crippen MR) is 91.0 cm³/mol. The van der Waals surface area contributed by atoms with Crippen molar-refractivity contribution in [2.45, 2.75) is 26.5 Å². The fourth-order valence-corrected chi connectivity index (χ4v) is 2.10. The van der Waals surface area contributed by atoms with Gasteiger partial charge in [-0.15, -0.1) is 0 Å². The Labute approximate surface area is 141 Å². The molecule has 1 amide bonds. The molecule has 0 aliphatic carbocycles. The molecule has 1 N–H and O–H groups in total. The lowest BCUT2D eigenvalue weighted by molar-refractivity contribution is -0.127. The number of rotatable bonds is 7. The van der Waals surface area contributed by atoms with Crippen LogP contribution in [-0.2, 0) is 11.3 Å². The molecule has 4 nitrogen and oxygen atoms in total. The number of carbonyl (C=O) groups is 1. The van der Waals surface area contributed by atoms with E-state index >= 15 is 0 Å². The molecular formula is C18H20ClNO3. The number of benzene rings is 2. The van der Waals surface area contributed by atoms with Gasteiger partial charge in [-0.25, -0.2) is 0 Å². The van der Waals surface area contributed by atoms with E-state index in [-0.39, 0.29) is 5.91 Å². The predicted octanol–water partition coefficient (Wildman–Crippen LogP) is 3.82. The van der Waals surface area contributed by atoms with Gasteiger partial charge < -0.3 is 14.8 Å². The average molecular weight is 334 g/mol. The highest BCUT2D eigenvalue weighted by Gasteiger charge is 2.14. The van der Waals surface area contributed by atoms with E-state index in [1.54, 1.807) is 31.2 Å². The summed E-state index contributed by atoms with van der Waals surface area (Å²) in [4.78, 5) is 12.1. The van der Waals surface area contributed by atoms with Crippen molar-refractivity contribution in [2.24, 2.45) is 0 Å². The molecule has 23 heavy (non-hydrogen) atoms. The van der Waals surface area contributed by atoms with Gasteiger partial charge in [-0.1, -0.05) is 23.7 Å². The largest absolute Gasteiger partial charge is 0.494 e. The normalized spacial score (nSPS) is 11.6. The molecule has 2 rings (SSSR count). The van der Waals surface area contributed by atoms with Crippen LogP contribution in [0.2, 0.25) is 5.02 Å². The van der Waals surface area contributed by atoms with Crippen molar-refractivity contribution < 1.29 is 14.3 Å². The third kappa shape index (κ3) is 5.49. The third-order valence-electron chi connectivity index (χ3n) is 3.20. The first kappa shape index (κ1) is 17.2. The fraction of sp³-hybridized carbons (Fsp3) is 0.278. The van der Waals surface area contributed by atoms with Crippen molar-refractivity contribution in [3.05, 3.63) is 59.1 Å². The standard InChI is InChI=1S/C18H20ClNO3/c1-3-22-16-8-4-14(5-9-16)12-20-18(21)13(2)23-17-10-6-15(19)7-11-17/h4-11,13H,3,12H2,1-2H3,(H,20,21)/t13-/m0/s1. The van der Waals surface area contributed by atoms with Gasteiger partial charge >= 0.3 is 0 Å². The zero-order chi connectivity index (χ0) is 16.7. The van der Waals surface area contributed by atoms with E-state index in [1.807, 2.05) is 31.2 Å². The molecule has 5 heteroatoms. The first-order chi connectivity index (χ1) is 11.1. The molecule has 0 aromatic heterocycles. The second kappa shape index (κ2) is 8.44. The van der Waals surface area contributed by atoms with Crippen LogP contribution >= 0.6 is 11.6 Å². The highest BCUT2D eigenvalue weighted by Crippen LogP contribution is 2.17. The lowest BCUT2D eigenvalue weighted by atomic mass is 10.2. The number of hydrogen-bond acceptors (Lipinski definition) is 3. The molecule has 0 aliphatic heterocycles. The minimum absolute atomic E-state index is 0.172. The summed E-state index contributed by atoms with van der Waals surface area (Å²) in [6, 6.07) is 14.5. The van der Waals surface area contributed by atoms with Gasteiger partial charge in [0, 0.05) is 11.6 Å². The van der Waals surface area contributed by atoms with Crippen molar-refractivity contribution in [1.29, 1.82) is 0 Å². The lowest BCUT2D eigenvalue weighted by Crippen LogP contribution is -2.35. The van der Waals surface area contributed by atoms with E-state index in [9.17, 15) is 4.79 Å². The second-order valence-corrected chi connectivity index (χ2v) is 5.45. The average Bonchev–Trinajstić information content (AvgIpc) is 2.56. The SMILES string of the molecule is CCOc1ccc(CNC(=O)[C@H](C)Oc2ccc(Cl)cc2)cc1. The molecule has 0 radical (unpaired) electrons. The minimum Gasteiger partial charge on any atom is -0.494 e. The maximum absolute atomic E-state index is 12.1. The van der Waals surface area contributed by atoms with Crippen LogP contribution in [0.15, 0.2) is 48.5 Å². The van der Waals surface area contributed by atoms with Crippen LogP contribution < -0.4 is 14.8 Å². The van der Waals surface area contributed by atoms with Gasteiger partial charge in [0.2, 0.25) is 0 Å². The molecular weight excluding hydrogens is 314 g/mol. The van der Waals surface area contributed by atoms with E-state index in [4.69, 9.17) is 21.1 Å². The summed E-state index contributed by atoms with van der Waals surface area (Å²) in [6.07, 6.45) is -0.584. The molecule has 0 unspecified atom stereocenters. The van der Waals surface area contributed by atoms with Crippen LogP contribution in [0.1, 0.15) is 19.4 Å². The molecule has 0 saturated carbocycles. The quantitative estimate of drug-likeness (QED) is 0.837. The van der Waals surface area contributed by atoms with Gasteiger partial charge in [-0.2, -0.15) is 0 Å². The minimum atomic E-state index is -0.584. The van der Waals surface area contributed by atoms with Gasteiger partial charge in [-0.3, -0.25) is 4.79 Å². The van der Waals surface area contributed by atoms with Crippen molar-refractivity contribution in [3.63, 3.8) is 0 Å². The Bertz CT molecular complexity index is 626. The van der Waals surface area contributed by atoms with Crippen molar-refractivity contribution in [3.8, 4) is 11.5 Å². The van der Waals surface area contributed by atoms with Crippen LogP contribution in [0, 0.1) is 0 Å². The number of amides is 1. The highest BCUT2D eigenvalue weighted by molar-refractivity contribution is 6.30. The van der Waals surface area contributed by atoms with Crippen LogP contribution in [0.25, 0.3) is 0 Å². The van der Waals surface area contributed by atoms with E-state index in [0.29, 0.717) is 23.9 Å². The van der Waals surface area contributed by atoms with Crippen LogP contribution in [0.3, 0.4) is 0 Å². The lowest BCUT2D eigenvalue weighted by Gasteiger charge is -2.15. The molecule has 0 spiro atoms. The number of ether oxygens (including phenoxy) is 2. The van der Waals surface area contributed by atoms with Crippen LogP contribution in [0.5, 0.6) is 11.5 Å². The van der Waals surface area contributed by atoms with Crippen LogP contribution in [0.4, 0.5) is 0 Å². The summed E-state index contributed by atoms with van der Waals surface area (Å²) in [5, 5.41) is 3.48. The number of nitrogens with one attached hydrogen (secondary N) is 1. The van der Waals surface area contributed by atoms with E-state index in [2.05, 4.69) is 5.32 Å². The number of hydrogen-bond donors (Lipinski definition) is 1. The Kier molecular flexibility index (Phi) is 6.29. The molecule has 2 aromatic carbocycles. The fourth-order valence-electron chi connectivity index (χ4n) is 1.97. The maximum Gasteiger partial charge on any atom is 0.261 e. The van der Waals surface area contributed by atoms with Crippen LogP contribution in [-0.4, -0.2) is 18.6 Å². The maximum atomic E-state index is 12.1. The molecule has 0 saturated heterocycles. The molecule has 0 aliphatic rings. The molecule has 122 valence electrons. The van der Waals surface area contributed by atoms with Gasteiger partial charge in [-0.05, 0) is 55.8 Å². The summed E-state index contributed by atoms with van der Waals surface area (Å²) in [5.74, 6) is 1.26. The summed E-state index contributed by atoms with van der Waals surface area (Å²) >= 11 is 5.82. The Morgan fingerprint density at radius 1 is 1.09 bits per heavy atom. The molecule has 0 bridgehead atoms. The number of carbonyl (C=O) groups excluding carboxylic acids is 1. The molecule has 0 fully saturated rings. The summed E-state index contributed by atoms with van der Waals surface area (Å²) in [7, 11) is 0. The Balaban J connectivity index is 1.82. The van der Waals surface area contributed by atoms with Crippen molar-refractivity contribution in [2.75, 3.05) is 6.61 Å². The highest BCUT2D eigenvalue weighted by atomic mass is 35.5. The van der Waals surface area contributed by atoms with Gasteiger partial charge in [0.25, 0.3) is 5.91 Å². The smallest absolute Gasteiger partial charge is 0.261 e. The van der Waals surface area contributed by atoms with Gasteiger partial charge in [0.1, 0.15) is 11.5 Å². The summed E-state index contributed by atoms with van der Waals surface area (Å²) in [5.41, 5.74) is 1.00. The van der Waals surface area contributed by atoms with Crippen molar-refractivity contribution in [1.82, 2.24) is 5.32 Å². The summed E-state index contributed by atoms with van der Waals surface area (Å²) in [6.45, 7) is 4.73. The molecule has 0 heterocycles.